The molecule has 1 aliphatic rings. The van der Waals surface area contributed by atoms with Crippen LogP contribution in [0.2, 0.25) is 10.0 Å². The number of nitrogens with zero attached hydrogens (tertiary/aromatic N) is 2. The largest absolute Gasteiger partial charge is 0.339 e. The maximum Gasteiger partial charge on any atom is 0.255 e. The highest BCUT2D eigenvalue weighted by Gasteiger charge is 2.26. The Labute approximate surface area is 134 Å². The van der Waals surface area contributed by atoms with E-state index in [9.17, 15) is 9.59 Å². The molecule has 1 heterocycles. The van der Waals surface area contributed by atoms with Crippen LogP contribution in [0.15, 0.2) is 18.2 Å². The Morgan fingerprint density at radius 1 is 1.05 bits per heavy atom. The van der Waals surface area contributed by atoms with Crippen LogP contribution >= 0.6 is 23.2 Å². The number of halogens is 2. The number of carbonyl (C=O) groups excluding carboxylic acids is 2. The lowest BCUT2D eigenvalue weighted by atomic mass is 10.1. The van der Waals surface area contributed by atoms with Gasteiger partial charge in [-0.15, -0.1) is 0 Å². The van der Waals surface area contributed by atoms with Crippen LogP contribution in [0.1, 0.15) is 24.2 Å². The molecule has 0 bridgehead atoms. The van der Waals surface area contributed by atoms with Crippen LogP contribution in [0, 0.1) is 5.92 Å². The van der Waals surface area contributed by atoms with E-state index in [0.717, 1.165) is 0 Å². The van der Waals surface area contributed by atoms with E-state index in [2.05, 4.69) is 0 Å². The standard InChI is InChI=1S/C15H18Cl2N2O2/c1-10(2)14(20)18-5-7-19(8-6-18)15(21)12-9-11(16)3-4-13(12)17/h3-4,9-10H,5-8H2,1-2H3. The third kappa shape index (κ3) is 3.69. The second-order valence-electron chi connectivity index (χ2n) is 5.40. The number of piperazine rings is 1. The monoisotopic (exact) mass is 328 g/mol. The predicted molar refractivity (Wildman–Crippen MR) is 83.8 cm³/mol. The van der Waals surface area contributed by atoms with Crippen LogP contribution in [0.25, 0.3) is 0 Å². The van der Waals surface area contributed by atoms with Gasteiger partial charge in [-0.3, -0.25) is 9.59 Å². The van der Waals surface area contributed by atoms with Crippen molar-refractivity contribution in [2.24, 2.45) is 5.92 Å². The molecule has 0 N–H and O–H groups in total. The summed E-state index contributed by atoms with van der Waals surface area (Å²) in [7, 11) is 0. The molecular formula is C15H18Cl2N2O2. The van der Waals surface area contributed by atoms with Gasteiger partial charge in [0.25, 0.3) is 5.91 Å². The molecule has 1 aromatic rings. The molecule has 114 valence electrons. The molecular weight excluding hydrogens is 311 g/mol. The predicted octanol–water partition coefficient (Wildman–Crippen LogP) is 2.93. The zero-order chi connectivity index (χ0) is 15.6. The summed E-state index contributed by atoms with van der Waals surface area (Å²) in [5, 5.41) is 0.876. The summed E-state index contributed by atoms with van der Waals surface area (Å²) < 4.78 is 0. The molecule has 0 radical (unpaired) electrons. The van der Waals surface area contributed by atoms with Gasteiger partial charge in [-0.25, -0.2) is 0 Å². The number of rotatable bonds is 2. The topological polar surface area (TPSA) is 40.6 Å². The van der Waals surface area contributed by atoms with Crippen molar-refractivity contribution in [1.29, 1.82) is 0 Å². The van der Waals surface area contributed by atoms with Crippen LogP contribution in [-0.4, -0.2) is 47.8 Å². The molecule has 21 heavy (non-hydrogen) atoms. The summed E-state index contributed by atoms with van der Waals surface area (Å²) in [5.74, 6) is -0.0309. The Balaban J connectivity index is 2.03. The number of hydrogen-bond acceptors (Lipinski definition) is 2. The summed E-state index contributed by atoms with van der Waals surface area (Å²) in [6.07, 6.45) is 0. The minimum atomic E-state index is -0.140. The maximum absolute atomic E-state index is 12.5. The SMILES string of the molecule is CC(C)C(=O)N1CCN(C(=O)c2cc(Cl)ccc2Cl)CC1. The summed E-state index contributed by atoms with van der Waals surface area (Å²) in [6, 6.07) is 4.85. The Morgan fingerprint density at radius 2 is 1.62 bits per heavy atom. The molecule has 0 aromatic heterocycles. The van der Waals surface area contributed by atoms with E-state index in [1.165, 1.54) is 0 Å². The number of carbonyl (C=O) groups is 2. The average Bonchev–Trinajstić information content (AvgIpc) is 2.48. The van der Waals surface area contributed by atoms with Crippen molar-refractivity contribution in [3.8, 4) is 0 Å². The van der Waals surface area contributed by atoms with Gasteiger partial charge in [-0.2, -0.15) is 0 Å². The van der Waals surface area contributed by atoms with E-state index in [0.29, 0.717) is 41.8 Å². The lowest BCUT2D eigenvalue weighted by molar-refractivity contribution is -0.135. The highest BCUT2D eigenvalue weighted by Crippen LogP contribution is 2.22. The van der Waals surface area contributed by atoms with Crippen molar-refractivity contribution in [3.05, 3.63) is 33.8 Å². The van der Waals surface area contributed by atoms with Gasteiger partial charge >= 0.3 is 0 Å². The molecule has 2 amide bonds. The van der Waals surface area contributed by atoms with Gasteiger partial charge in [-0.1, -0.05) is 37.0 Å². The normalized spacial score (nSPS) is 15.5. The number of amides is 2. The lowest BCUT2D eigenvalue weighted by Crippen LogP contribution is -2.51. The molecule has 4 nitrogen and oxygen atoms in total. The average molecular weight is 329 g/mol. The molecule has 0 aliphatic carbocycles. The van der Waals surface area contributed by atoms with Crippen molar-refractivity contribution >= 4 is 35.0 Å². The van der Waals surface area contributed by atoms with Crippen LogP contribution in [0.5, 0.6) is 0 Å². The molecule has 0 unspecified atom stereocenters. The lowest BCUT2D eigenvalue weighted by Gasteiger charge is -2.35. The molecule has 0 spiro atoms. The van der Waals surface area contributed by atoms with Crippen molar-refractivity contribution in [3.63, 3.8) is 0 Å². The summed E-state index contributed by atoms with van der Waals surface area (Å²) in [5.41, 5.74) is 0.410. The fourth-order valence-electron chi connectivity index (χ4n) is 2.33. The summed E-state index contributed by atoms with van der Waals surface area (Å²) in [6.45, 7) is 5.90. The minimum absolute atomic E-state index is 0.0189. The first-order chi connectivity index (χ1) is 9.90. The molecule has 1 aliphatic heterocycles. The van der Waals surface area contributed by atoms with Crippen LogP contribution in [-0.2, 0) is 4.79 Å². The first-order valence-corrected chi connectivity index (χ1v) is 7.69. The van der Waals surface area contributed by atoms with Crippen LogP contribution in [0.3, 0.4) is 0 Å². The first-order valence-electron chi connectivity index (χ1n) is 6.93. The van der Waals surface area contributed by atoms with Gasteiger partial charge in [0.05, 0.1) is 10.6 Å². The van der Waals surface area contributed by atoms with Gasteiger partial charge in [0.15, 0.2) is 0 Å². The first kappa shape index (κ1) is 16.1. The van der Waals surface area contributed by atoms with E-state index < -0.39 is 0 Å². The van der Waals surface area contributed by atoms with Crippen LogP contribution < -0.4 is 0 Å². The van der Waals surface area contributed by atoms with E-state index in [4.69, 9.17) is 23.2 Å². The minimum Gasteiger partial charge on any atom is -0.339 e. The van der Waals surface area contributed by atoms with E-state index in [1.54, 1.807) is 28.0 Å². The van der Waals surface area contributed by atoms with Crippen molar-refractivity contribution in [1.82, 2.24) is 9.80 Å². The van der Waals surface area contributed by atoms with E-state index in [-0.39, 0.29) is 17.7 Å². The Bertz CT molecular complexity index is 553. The van der Waals surface area contributed by atoms with E-state index >= 15 is 0 Å². The smallest absolute Gasteiger partial charge is 0.255 e. The second-order valence-corrected chi connectivity index (χ2v) is 6.24. The van der Waals surface area contributed by atoms with Crippen molar-refractivity contribution in [2.45, 2.75) is 13.8 Å². The highest BCUT2D eigenvalue weighted by molar-refractivity contribution is 6.35. The van der Waals surface area contributed by atoms with Crippen LogP contribution in [0.4, 0.5) is 0 Å². The summed E-state index contributed by atoms with van der Waals surface area (Å²) >= 11 is 12.0. The molecule has 1 saturated heterocycles. The van der Waals surface area contributed by atoms with Gasteiger partial charge in [0.2, 0.25) is 5.91 Å². The second kappa shape index (κ2) is 6.67. The molecule has 2 rings (SSSR count). The van der Waals surface area contributed by atoms with Gasteiger partial charge in [0.1, 0.15) is 0 Å². The fraction of sp³-hybridized carbons (Fsp3) is 0.467. The zero-order valence-electron chi connectivity index (χ0n) is 12.1. The molecule has 1 fully saturated rings. The Kier molecular flexibility index (Phi) is 5.12. The molecule has 0 saturated carbocycles. The Morgan fingerprint density at radius 3 is 2.19 bits per heavy atom. The van der Waals surface area contributed by atoms with Gasteiger partial charge in [0, 0.05) is 37.1 Å². The van der Waals surface area contributed by atoms with Gasteiger partial charge in [-0.05, 0) is 18.2 Å². The maximum atomic E-state index is 12.5. The fourth-order valence-corrected chi connectivity index (χ4v) is 2.70. The van der Waals surface area contributed by atoms with Crippen molar-refractivity contribution in [2.75, 3.05) is 26.2 Å². The molecule has 0 atom stereocenters. The molecule has 1 aromatic carbocycles. The summed E-state index contributed by atoms with van der Waals surface area (Å²) in [4.78, 5) is 27.9. The van der Waals surface area contributed by atoms with Gasteiger partial charge < -0.3 is 9.80 Å². The zero-order valence-corrected chi connectivity index (χ0v) is 13.6. The Hall–Kier alpha value is -1.26. The van der Waals surface area contributed by atoms with Crippen molar-refractivity contribution < 1.29 is 9.59 Å². The third-order valence-electron chi connectivity index (χ3n) is 3.53. The number of benzene rings is 1. The van der Waals surface area contributed by atoms with E-state index in [1.807, 2.05) is 13.8 Å². The molecule has 6 heteroatoms. The number of hydrogen-bond donors (Lipinski definition) is 0. The third-order valence-corrected chi connectivity index (χ3v) is 4.10. The quantitative estimate of drug-likeness (QED) is 0.837. The highest BCUT2D eigenvalue weighted by atomic mass is 35.5.